The molecule has 1 unspecified atom stereocenters. The Bertz CT molecular complexity index is 419. The van der Waals surface area contributed by atoms with Crippen LogP contribution < -0.4 is 4.74 Å². The lowest BCUT2D eigenvalue weighted by atomic mass is 10.0. The number of rotatable bonds is 5. The molecule has 0 aliphatic heterocycles. The number of ether oxygens (including phenoxy) is 1. The third kappa shape index (κ3) is 3.45. The maximum Gasteiger partial charge on any atom is 0.248 e. The summed E-state index contributed by atoms with van der Waals surface area (Å²) in [5.74, 6) is 0.406. The van der Waals surface area contributed by atoms with E-state index < -0.39 is 6.10 Å². The molecule has 0 aliphatic rings. The van der Waals surface area contributed by atoms with Crippen molar-refractivity contribution < 1.29 is 19.5 Å². The first-order chi connectivity index (χ1) is 8.49. The zero-order valence-electron chi connectivity index (χ0n) is 11.1. The summed E-state index contributed by atoms with van der Waals surface area (Å²) in [6.07, 6.45) is -0.902. The molecular weight excluding hydrogens is 234 g/mol. The summed E-state index contributed by atoms with van der Waals surface area (Å²) >= 11 is 0. The first-order valence-corrected chi connectivity index (χ1v) is 5.62. The maximum absolute atomic E-state index is 11.6. The lowest BCUT2D eigenvalue weighted by Crippen LogP contribution is -2.26. The van der Waals surface area contributed by atoms with E-state index in [1.165, 1.54) is 14.2 Å². The van der Waals surface area contributed by atoms with E-state index in [9.17, 15) is 9.90 Å². The molecule has 0 radical (unpaired) electrons. The number of carbonyl (C=O) groups excluding carboxylic acids is 1. The molecule has 0 aromatic heterocycles. The van der Waals surface area contributed by atoms with Crippen molar-refractivity contribution in [3.63, 3.8) is 0 Å². The number of hydrogen-bond donors (Lipinski definition) is 1. The van der Waals surface area contributed by atoms with Gasteiger partial charge in [0.15, 0.2) is 0 Å². The fourth-order valence-electron chi connectivity index (χ4n) is 1.56. The largest absolute Gasteiger partial charge is 0.496 e. The van der Waals surface area contributed by atoms with E-state index in [0.29, 0.717) is 11.3 Å². The van der Waals surface area contributed by atoms with Gasteiger partial charge >= 0.3 is 0 Å². The van der Waals surface area contributed by atoms with Gasteiger partial charge in [0.05, 0.1) is 26.7 Å². The van der Waals surface area contributed by atoms with Gasteiger partial charge in [-0.25, -0.2) is 5.06 Å². The van der Waals surface area contributed by atoms with Crippen molar-refractivity contribution in [2.24, 2.45) is 0 Å². The summed E-state index contributed by atoms with van der Waals surface area (Å²) in [6, 6.07) is 5.37. The second kappa shape index (κ2) is 6.37. The van der Waals surface area contributed by atoms with Crippen molar-refractivity contribution in [1.29, 1.82) is 0 Å². The van der Waals surface area contributed by atoms with Crippen LogP contribution in [0.1, 0.15) is 23.7 Å². The van der Waals surface area contributed by atoms with E-state index in [4.69, 9.17) is 9.57 Å². The van der Waals surface area contributed by atoms with Crippen LogP contribution in [0.25, 0.3) is 0 Å². The molecule has 100 valence electrons. The zero-order chi connectivity index (χ0) is 13.7. The molecule has 0 spiro atoms. The Labute approximate surface area is 107 Å². The monoisotopic (exact) mass is 253 g/mol. The van der Waals surface area contributed by atoms with E-state index in [2.05, 4.69) is 0 Å². The molecule has 0 saturated heterocycles. The molecule has 0 aliphatic carbocycles. The Morgan fingerprint density at radius 1 is 1.44 bits per heavy atom. The number of aliphatic hydroxyl groups excluding tert-OH is 1. The highest BCUT2D eigenvalue weighted by atomic mass is 16.7. The quantitative estimate of drug-likeness (QED) is 0.807. The number of carbonyl (C=O) groups is 1. The Balaban J connectivity index is 2.78. The lowest BCUT2D eigenvalue weighted by molar-refractivity contribution is -0.170. The molecule has 5 heteroatoms. The SMILES string of the molecule is COc1cc(C(O)CC(=O)N(C)OC)ccc1C. The molecule has 1 aromatic rings. The van der Waals surface area contributed by atoms with E-state index in [0.717, 1.165) is 10.6 Å². The fraction of sp³-hybridized carbons (Fsp3) is 0.462. The molecule has 5 nitrogen and oxygen atoms in total. The van der Waals surface area contributed by atoms with Gasteiger partial charge in [-0.3, -0.25) is 9.63 Å². The van der Waals surface area contributed by atoms with E-state index in [1.807, 2.05) is 13.0 Å². The number of benzene rings is 1. The van der Waals surface area contributed by atoms with Gasteiger partial charge in [0, 0.05) is 7.05 Å². The van der Waals surface area contributed by atoms with E-state index in [1.54, 1.807) is 19.2 Å². The van der Waals surface area contributed by atoms with Gasteiger partial charge in [0.1, 0.15) is 5.75 Å². The van der Waals surface area contributed by atoms with Gasteiger partial charge in [-0.15, -0.1) is 0 Å². The van der Waals surface area contributed by atoms with Crippen molar-refractivity contribution in [2.75, 3.05) is 21.3 Å². The number of methoxy groups -OCH3 is 1. The Hall–Kier alpha value is -1.59. The molecule has 0 fully saturated rings. The Morgan fingerprint density at radius 2 is 2.11 bits per heavy atom. The second-order valence-electron chi connectivity index (χ2n) is 4.02. The molecule has 1 N–H and O–H groups in total. The van der Waals surface area contributed by atoms with Crippen molar-refractivity contribution in [3.8, 4) is 5.75 Å². The Morgan fingerprint density at radius 3 is 2.67 bits per heavy atom. The molecule has 0 saturated carbocycles. The van der Waals surface area contributed by atoms with Crippen molar-refractivity contribution >= 4 is 5.91 Å². The fourth-order valence-corrected chi connectivity index (χ4v) is 1.56. The molecule has 0 heterocycles. The van der Waals surface area contributed by atoms with Gasteiger partial charge in [-0.2, -0.15) is 0 Å². The van der Waals surface area contributed by atoms with Crippen LogP contribution in [0.3, 0.4) is 0 Å². The van der Waals surface area contributed by atoms with Crippen molar-refractivity contribution in [2.45, 2.75) is 19.4 Å². The second-order valence-corrected chi connectivity index (χ2v) is 4.02. The van der Waals surface area contributed by atoms with Crippen LogP contribution in [0.5, 0.6) is 5.75 Å². The van der Waals surface area contributed by atoms with Crippen LogP contribution in [0.15, 0.2) is 18.2 Å². The maximum atomic E-state index is 11.6. The molecule has 1 rings (SSSR count). The number of hydrogen-bond acceptors (Lipinski definition) is 4. The molecule has 1 aromatic carbocycles. The third-order valence-electron chi connectivity index (χ3n) is 2.81. The number of nitrogens with zero attached hydrogens (tertiary/aromatic N) is 1. The summed E-state index contributed by atoms with van der Waals surface area (Å²) < 4.78 is 5.18. The number of hydroxylamine groups is 2. The Kier molecular flexibility index (Phi) is 5.12. The van der Waals surface area contributed by atoms with Gasteiger partial charge in [-0.05, 0) is 24.1 Å². The highest BCUT2D eigenvalue weighted by Gasteiger charge is 2.17. The van der Waals surface area contributed by atoms with Gasteiger partial charge in [0.25, 0.3) is 0 Å². The van der Waals surface area contributed by atoms with Crippen molar-refractivity contribution in [3.05, 3.63) is 29.3 Å². The molecule has 1 atom stereocenters. The van der Waals surface area contributed by atoms with Crippen LogP contribution in [0.4, 0.5) is 0 Å². The first-order valence-electron chi connectivity index (χ1n) is 5.62. The standard InChI is InChI=1S/C13H19NO4/c1-9-5-6-10(7-12(9)17-3)11(15)8-13(16)14(2)18-4/h5-7,11,15H,8H2,1-4H3. The average Bonchev–Trinajstić information content (AvgIpc) is 2.37. The van der Waals surface area contributed by atoms with Gasteiger partial charge in [-0.1, -0.05) is 12.1 Å². The van der Waals surface area contributed by atoms with Crippen LogP contribution in [0.2, 0.25) is 0 Å². The summed E-state index contributed by atoms with van der Waals surface area (Å²) in [6.45, 7) is 1.92. The van der Waals surface area contributed by atoms with Crippen LogP contribution in [0, 0.1) is 6.92 Å². The highest BCUT2D eigenvalue weighted by molar-refractivity contribution is 5.75. The van der Waals surface area contributed by atoms with Gasteiger partial charge in [0.2, 0.25) is 5.91 Å². The van der Waals surface area contributed by atoms with E-state index >= 15 is 0 Å². The molecule has 1 amide bonds. The predicted octanol–water partition coefficient (Wildman–Crippen LogP) is 1.45. The topological polar surface area (TPSA) is 59.0 Å². The molecule has 18 heavy (non-hydrogen) atoms. The number of aliphatic hydroxyl groups is 1. The molecule has 0 bridgehead atoms. The minimum atomic E-state index is -0.871. The van der Waals surface area contributed by atoms with Crippen LogP contribution in [-0.4, -0.2) is 37.3 Å². The minimum Gasteiger partial charge on any atom is -0.496 e. The van der Waals surface area contributed by atoms with Gasteiger partial charge < -0.3 is 9.84 Å². The van der Waals surface area contributed by atoms with Crippen LogP contribution >= 0.6 is 0 Å². The lowest BCUT2D eigenvalue weighted by Gasteiger charge is -2.17. The molecular formula is C13H19NO4. The third-order valence-corrected chi connectivity index (χ3v) is 2.81. The van der Waals surface area contributed by atoms with E-state index in [-0.39, 0.29) is 12.3 Å². The van der Waals surface area contributed by atoms with Crippen LogP contribution in [-0.2, 0) is 9.63 Å². The summed E-state index contributed by atoms with van der Waals surface area (Å²) in [4.78, 5) is 16.3. The van der Waals surface area contributed by atoms with Crippen molar-refractivity contribution in [1.82, 2.24) is 5.06 Å². The normalized spacial score (nSPS) is 12.1. The minimum absolute atomic E-state index is 0.0312. The first kappa shape index (κ1) is 14.5. The smallest absolute Gasteiger partial charge is 0.248 e. The average molecular weight is 253 g/mol. The highest BCUT2D eigenvalue weighted by Crippen LogP contribution is 2.25. The summed E-state index contributed by atoms with van der Waals surface area (Å²) in [5, 5.41) is 11.1. The number of amides is 1. The summed E-state index contributed by atoms with van der Waals surface area (Å²) in [7, 11) is 4.48. The predicted molar refractivity (Wildman–Crippen MR) is 67.1 cm³/mol. The zero-order valence-corrected chi connectivity index (χ0v) is 11.1. The number of aryl methyl sites for hydroxylation is 1. The summed E-state index contributed by atoms with van der Waals surface area (Å²) in [5.41, 5.74) is 1.63.